The average Bonchev–Trinajstić information content (AvgIpc) is 2.86. The standard InChI is InChI=1S/C25H31N5O3/c1-31-17-18-6-7-27-24(14-18)29-19-2-4-21(5-3-19)33-23-16-20(30-10-12-32-13-11-30)15-22-25(23)28-9-8-26-22/h6-9,14-16,19,21H,2-5,10-13,17H2,1H3,(H,27,29)/t19-,21+. The second-order valence-electron chi connectivity index (χ2n) is 8.69. The first-order chi connectivity index (χ1) is 16.3. The number of morpholine rings is 1. The van der Waals surface area contributed by atoms with Gasteiger partial charge in [-0.1, -0.05) is 0 Å². The average molecular weight is 450 g/mol. The molecule has 33 heavy (non-hydrogen) atoms. The molecule has 2 aromatic heterocycles. The Balaban J connectivity index is 1.25. The predicted molar refractivity (Wildman–Crippen MR) is 128 cm³/mol. The lowest BCUT2D eigenvalue weighted by Crippen LogP contribution is -2.36. The number of nitrogens with zero attached hydrogens (tertiary/aromatic N) is 4. The molecule has 1 saturated heterocycles. The van der Waals surface area contributed by atoms with Crippen LogP contribution in [0.3, 0.4) is 0 Å². The van der Waals surface area contributed by atoms with Crippen molar-refractivity contribution in [2.75, 3.05) is 43.6 Å². The topological polar surface area (TPSA) is 81.6 Å². The molecule has 5 rings (SSSR count). The molecule has 1 N–H and O–H groups in total. The first-order valence-electron chi connectivity index (χ1n) is 11.7. The van der Waals surface area contributed by atoms with Gasteiger partial charge >= 0.3 is 0 Å². The smallest absolute Gasteiger partial charge is 0.149 e. The normalized spacial score (nSPS) is 21.2. The van der Waals surface area contributed by atoms with E-state index in [0.29, 0.717) is 12.6 Å². The number of pyridine rings is 1. The molecule has 174 valence electrons. The van der Waals surface area contributed by atoms with Gasteiger partial charge in [0.1, 0.15) is 17.1 Å². The highest BCUT2D eigenvalue weighted by atomic mass is 16.5. The van der Waals surface area contributed by atoms with Crippen LogP contribution in [0.15, 0.2) is 42.9 Å². The lowest BCUT2D eigenvalue weighted by molar-refractivity contribution is 0.122. The van der Waals surface area contributed by atoms with Crippen LogP contribution in [0.2, 0.25) is 0 Å². The number of nitrogens with one attached hydrogen (secondary N) is 1. The van der Waals surface area contributed by atoms with Gasteiger partial charge in [-0.15, -0.1) is 0 Å². The molecule has 1 aliphatic carbocycles. The van der Waals surface area contributed by atoms with E-state index in [0.717, 1.165) is 85.8 Å². The van der Waals surface area contributed by atoms with Gasteiger partial charge in [-0.2, -0.15) is 0 Å². The van der Waals surface area contributed by atoms with E-state index in [1.54, 1.807) is 19.5 Å². The molecule has 0 atom stereocenters. The van der Waals surface area contributed by atoms with Gasteiger partial charge in [0.25, 0.3) is 0 Å². The van der Waals surface area contributed by atoms with E-state index in [4.69, 9.17) is 14.2 Å². The number of anilines is 2. The van der Waals surface area contributed by atoms with Gasteiger partial charge in [0.2, 0.25) is 0 Å². The number of fused-ring (bicyclic) bond motifs is 1. The maximum Gasteiger partial charge on any atom is 0.149 e. The van der Waals surface area contributed by atoms with Crippen molar-refractivity contribution < 1.29 is 14.2 Å². The van der Waals surface area contributed by atoms with Gasteiger partial charge in [-0.3, -0.25) is 4.98 Å². The molecular formula is C25H31N5O3. The zero-order valence-electron chi connectivity index (χ0n) is 19.1. The van der Waals surface area contributed by atoms with Crippen LogP contribution in [0, 0.1) is 0 Å². The number of hydrogen-bond donors (Lipinski definition) is 1. The third-order valence-corrected chi connectivity index (χ3v) is 6.35. The zero-order valence-corrected chi connectivity index (χ0v) is 19.1. The van der Waals surface area contributed by atoms with Crippen LogP contribution in [0.4, 0.5) is 11.5 Å². The summed E-state index contributed by atoms with van der Waals surface area (Å²) in [7, 11) is 1.71. The van der Waals surface area contributed by atoms with Crippen LogP contribution in [-0.2, 0) is 16.1 Å². The molecular weight excluding hydrogens is 418 g/mol. The number of aromatic nitrogens is 3. The van der Waals surface area contributed by atoms with Gasteiger partial charge in [0.05, 0.1) is 31.4 Å². The highest BCUT2D eigenvalue weighted by Crippen LogP contribution is 2.33. The van der Waals surface area contributed by atoms with Crippen LogP contribution < -0.4 is 15.0 Å². The summed E-state index contributed by atoms with van der Waals surface area (Å²) in [5.41, 5.74) is 3.95. The van der Waals surface area contributed by atoms with Crippen molar-refractivity contribution in [2.24, 2.45) is 0 Å². The van der Waals surface area contributed by atoms with Gasteiger partial charge in [-0.05, 0) is 49.4 Å². The summed E-state index contributed by atoms with van der Waals surface area (Å²) in [5, 5.41) is 3.58. The summed E-state index contributed by atoms with van der Waals surface area (Å²) in [6.45, 7) is 3.84. The van der Waals surface area contributed by atoms with Crippen molar-refractivity contribution in [3.8, 4) is 5.75 Å². The Morgan fingerprint density at radius 1 is 1.00 bits per heavy atom. The van der Waals surface area contributed by atoms with Gasteiger partial charge < -0.3 is 24.4 Å². The fourth-order valence-corrected chi connectivity index (χ4v) is 4.65. The van der Waals surface area contributed by atoms with E-state index in [2.05, 4.69) is 43.4 Å². The molecule has 0 amide bonds. The van der Waals surface area contributed by atoms with Crippen LogP contribution >= 0.6 is 0 Å². The maximum absolute atomic E-state index is 6.53. The van der Waals surface area contributed by atoms with E-state index in [-0.39, 0.29) is 6.10 Å². The van der Waals surface area contributed by atoms with Crippen molar-refractivity contribution in [1.82, 2.24) is 15.0 Å². The molecule has 8 heteroatoms. The number of benzene rings is 1. The van der Waals surface area contributed by atoms with Gasteiger partial charge in [0, 0.05) is 56.6 Å². The van der Waals surface area contributed by atoms with Crippen molar-refractivity contribution in [3.63, 3.8) is 0 Å². The summed E-state index contributed by atoms with van der Waals surface area (Å²) in [4.78, 5) is 15.9. The maximum atomic E-state index is 6.53. The van der Waals surface area contributed by atoms with E-state index >= 15 is 0 Å². The van der Waals surface area contributed by atoms with Crippen molar-refractivity contribution >= 4 is 22.5 Å². The Morgan fingerprint density at radius 3 is 2.64 bits per heavy atom. The Bertz CT molecular complexity index is 1060. The minimum Gasteiger partial charge on any atom is -0.488 e. The largest absolute Gasteiger partial charge is 0.488 e. The molecule has 2 fully saturated rings. The summed E-state index contributed by atoms with van der Waals surface area (Å²) in [6, 6.07) is 8.67. The quantitative estimate of drug-likeness (QED) is 0.583. The van der Waals surface area contributed by atoms with E-state index in [1.165, 1.54) is 0 Å². The van der Waals surface area contributed by atoms with E-state index in [1.807, 2.05) is 12.3 Å². The van der Waals surface area contributed by atoms with E-state index < -0.39 is 0 Å². The first-order valence-corrected chi connectivity index (χ1v) is 11.7. The third kappa shape index (κ3) is 5.34. The number of ether oxygens (including phenoxy) is 3. The van der Waals surface area contributed by atoms with Crippen LogP contribution in [0.5, 0.6) is 5.75 Å². The highest BCUT2D eigenvalue weighted by Gasteiger charge is 2.24. The Kier molecular flexibility index (Phi) is 6.83. The second-order valence-corrected chi connectivity index (χ2v) is 8.69. The molecule has 0 bridgehead atoms. The van der Waals surface area contributed by atoms with E-state index in [9.17, 15) is 0 Å². The molecule has 0 radical (unpaired) electrons. The fraction of sp³-hybridized carbons (Fsp3) is 0.480. The molecule has 1 aliphatic heterocycles. The summed E-state index contributed by atoms with van der Waals surface area (Å²) >= 11 is 0. The monoisotopic (exact) mass is 449 g/mol. The lowest BCUT2D eigenvalue weighted by atomic mass is 9.93. The Labute approximate surface area is 194 Å². The van der Waals surface area contributed by atoms with Crippen LogP contribution in [0.1, 0.15) is 31.2 Å². The minimum absolute atomic E-state index is 0.168. The van der Waals surface area contributed by atoms with Crippen molar-refractivity contribution in [2.45, 2.75) is 44.4 Å². The summed E-state index contributed by atoms with van der Waals surface area (Å²) < 4.78 is 17.3. The highest BCUT2D eigenvalue weighted by molar-refractivity contribution is 5.85. The number of hydrogen-bond acceptors (Lipinski definition) is 8. The molecule has 0 unspecified atom stereocenters. The second kappa shape index (κ2) is 10.3. The molecule has 1 aromatic carbocycles. The number of rotatable bonds is 7. The molecule has 3 aromatic rings. The lowest BCUT2D eigenvalue weighted by Gasteiger charge is -2.31. The number of methoxy groups -OCH3 is 1. The zero-order chi connectivity index (χ0) is 22.5. The predicted octanol–water partition coefficient (Wildman–Crippen LogP) is 3.81. The van der Waals surface area contributed by atoms with Gasteiger partial charge in [-0.25, -0.2) is 9.97 Å². The Hall–Kier alpha value is -2.97. The molecule has 2 aliphatic rings. The van der Waals surface area contributed by atoms with Crippen LogP contribution in [-0.4, -0.2) is 60.5 Å². The summed E-state index contributed by atoms with van der Waals surface area (Å²) in [5.74, 6) is 1.74. The molecule has 3 heterocycles. The molecule has 8 nitrogen and oxygen atoms in total. The van der Waals surface area contributed by atoms with Crippen molar-refractivity contribution in [1.29, 1.82) is 0 Å². The summed E-state index contributed by atoms with van der Waals surface area (Å²) in [6.07, 6.45) is 9.51. The minimum atomic E-state index is 0.168. The SMILES string of the molecule is COCc1ccnc(N[C@H]2CC[C@@H](Oc3cc(N4CCOCC4)cc4nccnc34)CC2)c1. The Morgan fingerprint density at radius 2 is 1.82 bits per heavy atom. The van der Waals surface area contributed by atoms with Gasteiger partial charge in [0.15, 0.2) is 0 Å². The van der Waals surface area contributed by atoms with Crippen LogP contribution in [0.25, 0.3) is 11.0 Å². The third-order valence-electron chi connectivity index (χ3n) is 6.35. The molecule has 0 spiro atoms. The van der Waals surface area contributed by atoms with Crippen molar-refractivity contribution in [3.05, 3.63) is 48.4 Å². The fourth-order valence-electron chi connectivity index (χ4n) is 4.65. The first kappa shape index (κ1) is 21.9. The molecule has 1 saturated carbocycles.